The molecule has 0 aliphatic heterocycles. The maximum absolute atomic E-state index is 11.1. The summed E-state index contributed by atoms with van der Waals surface area (Å²) in [4.78, 5) is 11.1. The van der Waals surface area contributed by atoms with E-state index in [0.717, 1.165) is 0 Å². The molecule has 0 rings (SSSR count). The Balaban J connectivity index is 5.08. The number of carbonyl (C=O) groups excluding carboxylic acids is 1. The molecule has 1 unspecified atom stereocenters. The van der Waals surface area contributed by atoms with Crippen molar-refractivity contribution in [2.24, 2.45) is 0 Å². The number of likely N-dealkylation sites (N-methyl/N-ethyl adjacent to an activating group) is 1. The lowest BCUT2D eigenvalue weighted by atomic mass is 9.94. The van der Waals surface area contributed by atoms with Gasteiger partial charge in [0.2, 0.25) is 0 Å². The number of carbonyl (C=O) groups is 1. The molecule has 0 aliphatic carbocycles. The minimum absolute atomic E-state index is 0.0881. The molecule has 0 saturated heterocycles. The summed E-state index contributed by atoms with van der Waals surface area (Å²) in [6, 6.07) is 0. The molecular weight excluding hydrogens is 234 g/mol. The summed E-state index contributed by atoms with van der Waals surface area (Å²) in [5.41, 5.74) is -1.34. The zero-order valence-corrected chi connectivity index (χ0v) is 10.9. The van der Waals surface area contributed by atoms with Crippen molar-refractivity contribution in [3.05, 3.63) is 0 Å². The summed E-state index contributed by atoms with van der Waals surface area (Å²) in [7, 11) is -0.800. The molecule has 0 heterocycles. The van der Waals surface area contributed by atoms with Crippen LogP contribution < -0.4 is 5.11 Å². The maximum atomic E-state index is 11.1. The summed E-state index contributed by atoms with van der Waals surface area (Å²) in [6.07, 6.45) is -0.186. The molecule has 1 atom stereocenters. The van der Waals surface area contributed by atoms with Crippen LogP contribution in [0, 0.1) is 0 Å². The van der Waals surface area contributed by atoms with Crippen molar-refractivity contribution in [3.8, 4) is 0 Å². The Morgan fingerprint density at radius 3 is 2.12 bits per heavy atom. The Morgan fingerprint density at radius 2 is 1.88 bits per heavy atom. The van der Waals surface area contributed by atoms with Crippen LogP contribution in [0.3, 0.4) is 0 Å². The topological polar surface area (TPSA) is 94.5 Å². The minimum Gasteiger partial charge on any atom is -0.544 e. The van der Waals surface area contributed by atoms with Crippen molar-refractivity contribution in [2.45, 2.75) is 25.8 Å². The van der Waals surface area contributed by atoms with E-state index >= 15 is 0 Å². The minimum atomic E-state index is -4.16. The molecule has 0 aliphatic rings. The summed E-state index contributed by atoms with van der Waals surface area (Å²) < 4.78 is 30.0. The predicted octanol–water partition coefficient (Wildman–Crippen LogP) is -1.13. The standard InChI is InChI=1S/C9H19NO5S/c1-5-10(3,4)9(2,8(11)12)6-7-16(13,14)15/h5-7H2,1-4H3,(H-,11,12,13,14,15). The first-order valence-corrected chi connectivity index (χ1v) is 6.57. The number of aliphatic carboxylic acids is 1. The maximum Gasteiger partial charge on any atom is 0.265 e. The van der Waals surface area contributed by atoms with Crippen LogP contribution in [0.4, 0.5) is 0 Å². The SMILES string of the molecule is CC[N+](C)(C)C(C)(CCS(=O)(=O)O)C(=O)[O-]. The highest BCUT2D eigenvalue weighted by atomic mass is 32.2. The van der Waals surface area contributed by atoms with Gasteiger partial charge in [-0.2, -0.15) is 8.42 Å². The smallest absolute Gasteiger partial charge is 0.265 e. The van der Waals surface area contributed by atoms with Crippen LogP contribution in [0.25, 0.3) is 0 Å². The molecule has 0 bridgehead atoms. The summed E-state index contributed by atoms with van der Waals surface area (Å²) in [6.45, 7) is 3.74. The van der Waals surface area contributed by atoms with E-state index in [1.807, 2.05) is 0 Å². The highest BCUT2D eigenvalue weighted by Gasteiger charge is 2.42. The molecule has 6 nitrogen and oxygen atoms in total. The number of rotatable bonds is 6. The average Bonchev–Trinajstić information content (AvgIpc) is 2.12. The van der Waals surface area contributed by atoms with Crippen LogP contribution in [0.15, 0.2) is 0 Å². The third-order valence-electron chi connectivity index (χ3n) is 3.41. The third-order valence-corrected chi connectivity index (χ3v) is 4.13. The van der Waals surface area contributed by atoms with Gasteiger partial charge in [-0.15, -0.1) is 0 Å². The number of carboxylic acid groups (broad SMARTS) is 1. The quantitative estimate of drug-likeness (QED) is 0.477. The van der Waals surface area contributed by atoms with Crippen molar-refractivity contribution >= 4 is 16.1 Å². The summed E-state index contributed by atoms with van der Waals surface area (Å²) in [5, 5.41) is 11.1. The van der Waals surface area contributed by atoms with Gasteiger partial charge >= 0.3 is 0 Å². The van der Waals surface area contributed by atoms with E-state index in [-0.39, 0.29) is 10.9 Å². The van der Waals surface area contributed by atoms with E-state index in [4.69, 9.17) is 4.55 Å². The van der Waals surface area contributed by atoms with E-state index in [0.29, 0.717) is 6.54 Å². The van der Waals surface area contributed by atoms with E-state index in [2.05, 4.69) is 0 Å². The molecule has 7 heteroatoms. The largest absolute Gasteiger partial charge is 0.544 e. The van der Waals surface area contributed by atoms with Crippen molar-refractivity contribution in [2.75, 3.05) is 26.4 Å². The fourth-order valence-electron chi connectivity index (χ4n) is 1.33. The first kappa shape index (κ1) is 15.3. The Hall–Kier alpha value is -0.660. The van der Waals surface area contributed by atoms with Crippen LogP contribution in [-0.2, 0) is 14.9 Å². The molecule has 16 heavy (non-hydrogen) atoms. The number of quaternary nitrogens is 1. The van der Waals surface area contributed by atoms with Gasteiger partial charge in [-0.1, -0.05) is 0 Å². The molecule has 0 amide bonds. The Morgan fingerprint density at radius 1 is 1.44 bits per heavy atom. The molecule has 0 aromatic carbocycles. The van der Waals surface area contributed by atoms with Crippen LogP contribution in [0.5, 0.6) is 0 Å². The fraction of sp³-hybridized carbons (Fsp3) is 0.889. The van der Waals surface area contributed by atoms with Gasteiger partial charge in [-0.05, 0) is 13.8 Å². The lowest BCUT2D eigenvalue weighted by Crippen LogP contribution is -2.66. The second kappa shape index (κ2) is 4.68. The van der Waals surface area contributed by atoms with Gasteiger partial charge in [0.15, 0.2) is 0 Å². The second-order valence-electron chi connectivity index (χ2n) is 4.60. The molecule has 0 radical (unpaired) electrons. The van der Waals surface area contributed by atoms with Gasteiger partial charge in [0.25, 0.3) is 10.1 Å². The summed E-state index contributed by atoms with van der Waals surface area (Å²) in [5.74, 6) is -1.90. The number of carboxylic acids is 1. The molecule has 0 spiro atoms. The van der Waals surface area contributed by atoms with Gasteiger partial charge in [0.05, 0.1) is 26.4 Å². The first-order chi connectivity index (χ1) is 6.96. The van der Waals surface area contributed by atoms with Gasteiger partial charge < -0.3 is 14.4 Å². The normalized spacial score (nSPS) is 16.8. The number of hydrogen-bond donors (Lipinski definition) is 1. The molecule has 0 aromatic rings. The summed E-state index contributed by atoms with van der Waals surface area (Å²) >= 11 is 0. The van der Waals surface area contributed by atoms with Gasteiger partial charge in [-0.25, -0.2) is 0 Å². The van der Waals surface area contributed by atoms with E-state index in [9.17, 15) is 18.3 Å². The van der Waals surface area contributed by atoms with Gasteiger partial charge in [0, 0.05) is 6.42 Å². The fourth-order valence-corrected chi connectivity index (χ4v) is 1.98. The Labute approximate surface area is 96.2 Å². The van der Waals surface area contributed by atoms with E-state index in [1.54, 1.807) is 21.0 Å². The van der Waals surface area contributed by atoms with Crippen LogP contribution in [-0.4, -0.2) is 55.4 Å². The van der Waals surface area contributed by atoms with Crippen molar-refractivity contribution in [1.29, 1.82) is 0 Å². The van der Waals surface area contributed by atoms with E-state index < -0.39 is 27.4 Å². The van der Waals surface area contributed by atoms with Gasteiger partial charge in [-0.3, -0.25) is 4.55 Å². The predicted molar refractivity (Wildman–Crippen MR) is 57.1 cm³/mol. The first-order valence-electron chi connectivity index (χ1n) is 4.96. The molecule has 96 valence electrons. The number of nitrogens with zero attached hydrogens (tertiary/aromatic N) is 1. The zero-order valence-electron chi connectivity index (χ0n) is 10.1. The Kier molecular flexibility index (Phi) is 4.49. The molecule has 0 fully saturated rings. The third kappa shape index (κ3) is 3.43. The van der Waals surface area contributed by atoms with Gasteiger partial charge in [0.1, 0.15) is 11.5 Å². The molecule has 0 aromatic heterocycles. The van der Waals surface area contributed by atoms with Crippen molar-refractivity contribution < 1.29 is 27.4 Å². The zero-order chi connectivity index (χ0) is 13.2. The van der Waals surface area contributed by atoms with Crippen LogP contribution in [0.2, 0.25) is 0 Å². The lowest BCUT2D eigenvalue weighted by molar-refractivity contribution is -0.930. The Bertz CT molecular complexity index is 362. The van der Waals surface area contributed by atoms with E-state index in [1.165, 1.54) is 6.92 Å². The van der Waals surface area contributed by atoms with Crippen molar-refractivity contribution in [3.63, 3.8) is 0 Å². The monoisotopic (exact) mass is 253 g/mol. The lowest BCUT2D eigenvalue weighted by Gasteiger charge is -2.46. The highest BCUT2D eigenvalue weighted by Crippen LogP contribution is 2.24. The van der Waals surface area contributed by atoms with Crippen LogP contribution in [0.1, 0.15) is 20.3 Å². The second-order valence-corrected chi connectivity index (χ2v) is 6.17. The average molecular weight is 253 g/mol. The highest BCUT2D eigenvalue weighted by molar-refractivity contribution is 7.85. The molecule has 0 saturated carbocycles. The molecular formula is C9H19NO5S. The van der Waals surface area contributed by atoms with Crippen LogP contribution >= 0.6 is 0 Å². The molecule has 1 N–H and O–H groups in total. The van der Waals surface area contributed by atoms with Crippen molar-refractivity contribution in [1.82, 2.24) is 0 Å². The number of hydrogen-bond acceptors (Lipinski definition) is 4.